The number of aliphatic hydroxyl groups is 1. The summed E-state index contributed by atoms with van der Waals surface area (Å²) in [4.78, 5) is 33.0. The highest BCUT2D eigenvalue weighted by atomic mass is 32.1. The molecule has 0 bridgehead atoms. The second kappa shape index (κ2) is 11.6. The molecule has 10 heteroatoms. The summed E-state index contributed by atoms with van der Waals surface area (Å²) >= 11 is 1.22. The molecule has 1 aliphatic rings. The van der Waals surface area contributed by atoms with Gasteiger partial charge in [0.15, 0.2) is 16.6 Å². The molecule has 8 nitrogen and oxygen atoms in total. The molecule has 1 aromatic heterocycles. The number of rotatable bonds is 9. The predicted octanol–water partition coefficient (Wildman–Crippen LogP) is 6.50. The second-order valence-corrected chi connectivity index (χ2v) is 11.0. The van der Waals surface area contributed by atoms with Crippen molar-refractivity contribution in [3.05, 3.63) is 83.2 Å². The van der Waals surface area contributed by atoms with Crippen molar-refractivity contribution in [2.45, 2.75) is 26.3 Å². The number of nitrogens with zero attached hydrogens (tertiary/aromatic N) is 2. The molecule has 1 atom stereocenters. The molecule has 2 heterocycles. The lowest BCUT2D eigenvalue weighted by atomic mass is 9.95. The van der Waals surface area contributed by atoms with Crippen LogP contribution in [0.3, 0.4) is 0 Å². The van der Waals surface area contributed by atoms with E-state index in [1.165, 1.54) is 47.6 Å². The Kier molecular flexibility index (Phi) is 7.94. The monoisotopic (exact) mass is 576 g/mol. The molecule has 0 radical (unpaired) electrons. The van der Waals surface area contributed by atoms with Crippen LogP contribution in [0.4, 0.5) is 9.52 Å². The van der Waals surface area contributed by atoms with E-state index in [0.29, 0.717) is 40.9 Å². The molecule has 1 aliphatic heterocycles. The molecular formula is C31H29FN2O6S. The van der Waals surface area contributed by atoms with Gasteiger partial charge in [-0.1, -0.05) is 31.3 Å². The summed E-state index contributed by atoms with van der Waals surface area (Å²) in [6, 6.07) is 14.5. The zero-order valence-corrected chi connectivity index (χ0v) is 23.8. The molecule has 1 amide bonds. The smallest absolute Gasteiger partial charge is 0.301 e. The topological polar surface area (TPSA) is 98.2 Å². The number of fused-ring (bicyclic) bond motifs is 1. The predicted molar refractivity (Wildman–Crippen MR) is 155 cm³/mol. The Morgan fingerprint density at radius 3 is 2.46 bits per heavy atom. The van der Waals surface area contributed by atoms with Crippen molar-refractivity contribution in [3.8, 4) is 17.2 Å². The van der Waals surface area contributed by atoms with Crippen LogP contribution in [0, 0.1) is 11.7 Å². The van der Waals surface area contributed by atoms with Crippen LogP contribution in [-0.4, -0.2) is 42.6 Å². The van der Waals surface area contributed by atoms with E-state index in [9.17, 15) is 19.1 Å². The highest BCUT2D eigenvalue weighted by Crippen LogP contribution is 2.46. The van der Waals surface area contributed by atoms with E-state index >= 15 is 0 Å². The van der Waals surface area contributed by atoms with Gasteiger partial charge >= 0.3 is 5.91 Å². The van der Waals surface area contributed by atoms with E-state index in [-0.39, 0.29) is 16.3 Å². The lowest BCUT2D eigenvalue weighted by molar-refractivity contribution is -0.132. The summed E-state index contributed by atoms with van der Waals surface area (Å²) in [6.07, 6.45) is 0.852. The molecule has 0 aliphatic carbocycles. The van der Waals surface area contributed by atoms with E-state index < -0.39 is 29.3 Å². The Morgan fingerprint density at radius 1 is 1.02 bits per heavy atom. The number of halogens is 1. The van der Waals surface area contributed by atoms with Gasteiger partial charge in [0.1, 0.15) is 17.3 Å². The van der Waals surface area contributed by atoms with Crippen LogP contribution < -0.4 is 19.1 Å². The number of carbonyl (C=O) groups excluding carboxylic acids is 2. The standard InChI is InChI=1S/C31H29FN2O6S/c1-17(2)13-14-40-23-12-7-19(15-24(23)39-4)27-26(28(35)18-5-8-20(32)9-6-18)29(36)30(37)34(27)31-33-22-11-10-21(38-3)16-25(22)41-31/h5-12,15-17,27,35H,13-14H2,1-4H3/b28-26+. The highest BCUT2D eigenvalue weighted by molar-refractivity contribution is 7.22. The van der Waals surface area contributed by atoms with Gasteiger partial charge in [-0.25, -0.2) is 9.37 Å². The van der Waals surface area contributed by atoms with Crippen molar-refractivity contribution in [2.24, 2.45) is 5.92 Å². The largest absolute Gasteiger partial charge is 0.507 e. The minimum Gasteiger partial charge on any atom is -0.507 e. The summed E-state index contributed by atoms with van der Waals surface area (Å²) in [5, 5.41) is 11.6. The molecule has 41 heavy (non-hydrogen) atoms. The highest BCUT2D eigenvalue weighted by Gasteiger charge is 2.48. The fourth-order valence-corrected chi connectivity index (χ4v) is 5.63. The maximum Gasteiger partial charge on any atom is 0.301 e. The molecular weight excluding hydrogens is 547 g/mol. The van der Waals surface area contributed by atoms with Crippen LogP contribution in [-0.2, 0) is 9.59 Å². The van der Waals surface area contributed by atoms with Gasteiger partial charge in [-0.05, 0) is 72.5 Å². The Morgan fingerprint density at radius 2 is 1.78 bits per heavy atom. The van der Waals surface area contributed by atoms with Crippen LogP contribution >= 0.6 is 11.3 Å². The first-order valence-electron chi connectivity index (χ1n) is 13.0. The SMILES string of the molecule is COc1ccc2nc(N3C(=O)C(=O)/C(=C(/O)c4ccc(F)cc4)C3c3ccc(OCCC(C)C)c(OC)c3)sc2c1. The van der Waals surface area contributed by atoms with Crippen LogP contribution in [0.1, 0.15) is 37.4 Å². The third-order valence-electron chi connectivity index (χ3n) is 6.81. The van der Waals surface area contributed by atoms with E-state index in [0.717, 1.165) is 11.1 Å². The first-order valence-corrected chi connectivity index (χ1v) is 13.9. The van der Waals surface area contributed by atoms with Crippen LogP contribution in [0.15, 0.2) is 66.2 Å². The van der Waals surface area contributed by atoms with Gasteiger partial charge in [0.05, 0.1) is 42.7 Å². The molecule has 212 valence electrons. The number of thiazole rings is 1. The summed E-state index contributed by atoms with van der Waals surface area (Å²) in [5.74, 6) is -0.644. The maximum absolute atomic E-state index is 13.6. The van der Waals surface area contributed by atoms with Crippen molar-refractivity contribution in [3.63, 3.8) is 0 Å². The normalized spacial score (nSPS) is 16.5. The first-order chi connectivity index (χ1) is 19.7. The van der Waals surface area contributed by atoms with E-state index in [1.54, 1.807) is 43.5 Å². The van der Waals surface area contributed by atoms with E-state index in [1.807, 2.05) is 0 Å². The van der Waals surface area contributed by atoms with E-state index in [2.05, 4.69) is 18.8 Å². The number of Topliss-reactive ketones (excluding diaryl/α,β-unsaturated/α-hetero) is 1. The number of hydrogen-bond acceptors (Lipinski definition) is 8. The van der Waals surface area contributed by atoms with E-state index in [4.69, 9.17) is 14.2 Å². The van der Waals surface area contributed by atoms with Gasteiger partial charge in [-0.3, -0.25) is 14.5 Å². The van der Waals surface area contributed by atoms with Crippen molar-refractivity contribution in [1.29, 1.82) is 0 Å². The van der Waals surface area contributed by atoms with Crippen LogP contribution in [0.25, 0.3) is 16.0 Å². The Bertz CT molecular complexity index is 1650. The Hall–Kier alpha value is -4.44. The third-order valence-corrected chi connectivity index (χ3v) is 7.83. The number of anilines is 1. The Labute approximate surface area is 240 Å². The molecule has 0 spiro atoms. The van der Waals surface area contributed by atoms with Crippen LogP contribution in [0.5, 0.6) is 17.2 Å². The average Bonchev–Trinajstić information content (AvgIpc) is 3.50. The van der Waals surface area contributed by atoms with Crippen LogP contribution in [0.2, 0.25) is 0 Å². The number of methoxy groups -OCH3 is 2. The number of hydrogen-bond donors (Lipinski definition) is 1. The zero-order chi connectivity index (χ0) is 29.3. The first kappa shape index (κ1) is 28.1. The molecule has 3 aromatic carbocycles. The fraction of sp³-hybridized carbons (Fsp3) is 0.258. The Balaban J connectivity index is 1.66. The minimum absolute atomic E-state index is 0.144. The number of aliphatic hydroxyl groups excluding tert-OH is 1. The number of carbonyl (C=O) groups is 2. The lowest BCUT2D eigenvalue weighted by Crippen LogP contribution is -2.29. The molecule has 0 saturated carbocycles. The number of benzene rings is 3. The van der Waals surface area contributed by atoms with Gasteiger partial charge in [-0.15, -0.1) is 0 Å². The molecule has 1 N–H and O–H groups in total. The third kappa shape index (κ3) is 5.47. The zero-order valence-electron chi connectivity index (χ0n) is 23.0. The molecule has 1 unspecified atom stereocenters. The molecule has 4 aromatic rings. The number of ether oxygens (including phenoxy) is 3. The van der Waals surface area contributed by atoms with Crippen molar-refractivity contribution in [2.75, 3.05) is 25.7 Å². The van der Waals surface area contributed by atoms with Gasteiger partial charge in [-0.2, -0.15) is 0 Å². The average molecular weight is 577 g/mol. The lowest BCUT2D eigenvalue weighted by Gasteiger charge is -2.24. The number of ketones is 1. The van der Waals surface area contributed by atoms with Gasteiger partial charge in [0, 0.05) is 5.56 Å². The van der Waals surface area contributed by atoms with Crippen molar-refractivity contribution >= 4 is 44.1 Å². The number of aromatic nitrogens is 1. The van der Waals surface area contributed by atoms with Gasteiger partial charge < -0.3 is 19.3 Å². The summed E-state index contributed by atoms with van der Waals surface area (Å²) in [6.45, 7) is 4.70. The maximum atomic E-state index is 13.6. The van der Waals surface area contributed by atoms with Crippen molar-refractivity contribution < 1.29 is 33.3 Å². The van der Waals surface area contributed by atoms with Gasteiger partial charge in [0.25, 0.3) is 5.78 Å². The quantitative estimate of drug-likeness (QED) is 0.138. The number of amides is 1. The summed E-state index contributed by atoms with van der Waals surface area (Å²) in [7, 11) is 3.06. The molecule has 5 rings (SSSR count). The molecule has 1 saturated heterocycles. The van der Waals surface area contributed by atoms with Crippen molar-refractivity contribution in [1.82, 2.24) is 4.98 Å². The molecule has 1 fully saturated rings. The minimum atomic E-state index is -1.04. The second-order valence-electron chi connectivity index (χ2n) is 9.95. The van der Waals surface area contributed by atoms with Gasteiger partial charge in [0.2, 0.25) is 0 Å². The summed E-state index contributed by atoms with van der Waals surface area (Å²) in [5.41, 5.74) is 1.17. The fourth-order valence-electron chi connectivity index (χ4n) is 4.61. The summed E-state index contributed by atoms with van der Waals surface area (Å²) < 4.78 is 31.2.